The summed E-state index contributed by atoms with van der Waals surface area (Å²) in [4.78, 5) is 0. The number of fused-ring (bicyclic) bond motifs is 1. The average molecular weight is 231 g/mol. The van der Waals surface area contributed by atoms with Crippen LogP contribution in [-0.4, -0.2) is 13.3 Å². The predicted molar refractivity (Wildman–Crippen MR) is 60.4 cm³/mol. The summed E-state index contributed by atoms with van der Waals surface area (Å²) in [5.74, 6) is 1.56. The zero-order chi connectivity index (χ0) is 9.97. The molecule has 0 saturated heterocycles. The van der Waals surface area contributed by atoms with Gasteiger partial charge in [-0.15, -0.1) is 12.4 Å². The molecule has 0 spiro atoms. The van der Waals surface area contributed by atoms with Gasteiger partial charge in [0.1, 0.15) is 0 Å². The second-order valence-electron chi connectivity index (χ2n) is 3.30. The third kappa shape index (κ3) is 2.53. The van der Waals surface area contributed by atoms with E-state index in [1.54, 1.807) is 0 Å². The van der Waals surface area contributed by atoms with Crippen molar-refractivity contribution in [1.82, 2.24) is 0 Å². The van der Waals surface area contributed by atoms with Crippen LogP contribution in [-0.2, 0) is 0 Å². The Balaban J connectivity index is 0.00000112. The van der Waals surface area contributed by atoms with Gasteiger partial charge in [-0.1, -0.05) is 6.07 Å². The zero-order valence-corrected chi connectivity index (χ0v) is 9.13. The lowest BCUT2D eigenvalue weighted by molar-refractivity contribution is 0.174. The van der Waals surface area contributed by atoms with Gasteiger partial charge < -0.3 is 20.9 Å². The highest BCUT2D eigenvalue weighted by Gasteiger charge is 2.15. The SMILES string of the molecule is Cl.NCC[C@@H](N)c1ccc2c(c1)OCO2. The van der Waals surface area contributed by atoms with E-state index in [4.69, 9.17) is 20.9 Å². The first-order valence-corrected chi connectivity index (χ1v) is 4.66. The summed E-state index contributed by atoms with van der Waals surface area (Å²) in [6.45, 7) is 0.889. The van der Waals surface area contributed by atoms with E-state index in [1.807, 2.05) is 18.2 Å². The molecule has 2 rings (SSSR count). The van der Waals surface area contributed by atoms with Gasteiger partial charge >= 0.3 is 0 Å². The summed E-state index contributed by atoms with van der Waals surface area (Å²) >= 11 is 0. The Labute approximate surface area is 94.9 Å². The fourth-order valence-electron chi connectivity index (χ4n) is 1.49. The zero-order valence-electron chi connectivity index (χ0n) is 8.31. The van der Waals surface area contributed by atoms with Crippen LogP contribution in [0.25, 0.3) is 0 Å². The molecule has 5 heteroatoms. The van der Waals surface area contributed by atoms with Crippen LogP contribution in [0.4, 0.5) is 0 Å². The van der Waals surface area contributed by atoms with Gasteiger partial charge in [-0.3, -0.25) is 0 Å². The summed E-state index contributed by atoms with van der Waals surface area (Å²) in [5.41, 5.74) is 12.4. The quantitative estimate of drug-likeness (QED) is 0.818. The van der Waals surface area contributed by atoms with Crippen LogP contribution in [0.1, 0.15) is 18.0 Å². The van der Waals surface area contributed by atoms with Crippen molar-refractivity contribution in [3.05, 3.63) is 23.8 Å². The van der Waals surface area contributed by atoms with E-state index in [2.05, 4.69) is 0 Å². The van der Waals surface area contributed by atoms with E-state index in [1.165, 1.54) is 0 Å². The van der Waals surface area contributed by atoms with Crippen LogP contribution in [0.15, 0.2) is 18.2 Å². The van der Waals surface area contributed by atoms with Crippen molar-refractivity contribution in [3.8, 4) is 11.5 Å². The van der Waals surface area contributed by atoms with Crippen LogP contribution in [0, 0.1) is 0 Å². The Morgan fingerprint density at radius 2 is 2.00 bits per heavy atom. The third-order valence-corrected chi connectivity index (χ3v) is 2.30. The maximum Gasteiger partial charge on any atom is 0.231 e. The molecule has 0 unspecified atom stereocenters. The molecule has 4 N–H and O–H groups in total. The van der Waals surface area contributed by atoms with Gasteiger partial charge in [0.2, 0.25) is 6.79 Å². The molecule has 0 aliphatic carbocycles. The summed E-state index contributed by atoms with van der Waals surface area (Å²) < 4.78 is 10.5. The molecular weight excluding hydrogens is 216 g/mol. The fourth-order valence-corrected chi connectivity index (χ4v) is 1.49. The number of ether oxygens (including phenoxy) is 2. The van der Waals surface area contributed by atoms with Gasteiger partial charge in [-0.05, 0) is 30.7 Å². The van der Waals surface area contributed by atoms with Crippen molar-refractivity contribution in [1.29, 1.82) is 0 Å². The van der Waals surface area contributed by atoms with Crippen LogP contribution >= 0.6 is 12.4 Å². The molecule has 0 aromatic heterocycles. The van der Waals surface area contributed by atoms with Crippen molar-refractivity contribution in [2.24, 2.45) is 11.5 Å². The number of benzene rings is 1. The smallest absolute Gasteiger partial charge is 0.231 e. The van der Waals surface area contributed by atoms with Gasteiger partial charge in [0.15, 0.2) is 11.5 Å². The van der Waals surface area contributed by atoms with E-state index in [0.717, 1.165) is 23.5 Å². The second-order valence-corrected chi connectivity index (χ2v) is 3.30. The average Bonchev–Trinajstić information content (AvgIpc) is 2.64. The highest BCUT2D eigenvalue weighted by molar-refractivity contribution is 5.85. The normalized spacial score (nSPS) is 14.5. The number of hydrogen-bond acceptors (Lipinski definition) is 4. The lowest BCUT2D eigenvalue weighted by Gasteiger charge is -2.10. The Morgan fingerprint density at radius 1 is 1.27 bits per heavy atom. The van der Waals surface area contributed by atoms with Crippen molar-refractivity contribution < 1.29 is 9.47 Å². The van der Waals surface area contributed by atoms with E-state index < -0.39 is 0 Å². The minimum Gasteiger partial charge on any atom is -0.454 e. The topological polar surface area (TPSA) is 70.5 Å². The molecule has 0 fully saturated rings. The maximum absolute atomic E-state index is 5.92. The molecule has 84 valence electrons. The molecule has 1 atom stereocenters. The second kappa shape index (κ2) is 5.21. The molecule has 1 aromatic carbocycles. The van der Waals surface area contributed by atoms with Crippen LogP contribution in [0.5, 0.6) is 11.5 Å². The molecule has 0 radical (unpaired) electrons. The molecule has 1 heterocycles. The molecule has 1 aromatic rings. The van der Waals surface area contributed by atoms with Gasteiger partial charge in [0, 0.05) is 6.04 Å². The number of nitrogens with two attached hydrogens (primary N) is 2. The highest BCUT2D eigenvalue weighted by Crippen LogP contribution is 2.34. The maximum atomic E-state index is 5.92. The molecule has 15 heavy (non-hydrogen) atoms. The molecular formula is C10H15ClN2O2. The molecule has 4 nitrogen and oxygen atoms in total. The van der Waals surface area contributed by atoms with E-state index >= 15 is 0 Å². The number of rotatable bonds is 3. The fraction of sp³-hybridized carbons (Fsp3) is 0.400. The van der Waals surface area contributed by atoms with Crippen LogP contribution in [0.2, 0.25) is 0 Å². The largest absolute Gasteiger partial charge is 0.454 e. The first-order chi connectivity index (χ1) is 6.81. The Bertz CT molecular complexity index is 333. The predicted octanol–water partition coefficient (Wildman–Crippen LogP) is 1.19. The third-order valence-electron chi connectivity index (χ3n) is 2.30. The van der Waals surface area contributed by atoms with Gasteiger partial charge in [0.05, 0.1) is 0 Å². The standard InChI is InChI=1S/C10H14N2O2.ClH/c11-4-3-8(12)7-1-2-9-10(5-7)14-6-13-9;/h1-2,5,8H,3-4,6,11-12H2;1H/t8-;/m1./s1. The minimum absolute atomic E-state index is 0. The molecule has 0 saturated carbocycles. The van der Waals surface area contributed by atoms with Crippen molar-refractivity contribution in [2.75, 3.05) is 13.3 Å². The first kappa shape index (κ1) is 12.1. The summed E-state index contributed by atoms with van der Waals surface area (Å²) in [5, 5.41) is 0. The number of hydrogen-bond donors (Lipinski definition) is 2. The van der Waals surface area contributed by atoms with Crippen molar-refractivity contribution >= 4 is 12.4 Å². The van der Waals surface area contributed by atoms with Gasteiger partial charge in [-0.25, -0.2) is 0 Å². The number of halogens is 1. The van der Waals surface area contributed by atoms with E-state index in [9.17, 15) is 0 Å². The van der Waals surface area contributed by atoms with Crippen LogP contribution in [0.3, 0.4) is 0 Å². The molecule has 0 amide bonds. The molecule has 1 aliphatic rings. The first-order valence-electron chi connectivity index (χ1n) is 4.66. The monoisotopic (exact) mass is 230 g/mol. The van der Waals surface area contributed by atoms with Gasteiger partial charge in [0.25, 0.3) is 0 Å². The minimum atomic E-state index is -0.0190. The van der Waals surface area contributed by atoms with Crippen molar-refractivity contribution in [3.63, 3.8) is 0 Å². The van der Waals surface area contributed by atoms with E-state index in [0.29, 0.717) is 13.3 Å². The highest BCUT2D eigenvalue weighted by atomic mass is 35.5. The lowest BCUT2D eigenvalue weighted by Crippen LogP contribution is -2.15. The van der Waals surface area contributed by atoms with Crippen LogP contribution < -0.4 is 20.9 Å². The van der Waals surface area contributed by atoms with Crippen molar-refractivity contribution in [2.45, 2.75) is 12.5 Å². The Kier molecular flexibility index (Phi) is 4.20. The Hall–Kier alpha value is -0.970. The van der Waals surface area contributed by atoms with E-state index in [-0.39, 0.29) is 18.4 Å². The van der Waals surface area contributed by atoms with Gasteiger partial charge in [-0.2, -0.15) is 0 Å². The summed E-state index contributed by atoms with van der Waals surface area (Å²) in [7, 11) is 0. The summed E-state index contributed by atoms with van der Waals surface area (Å²) in [6.07, 6.45) is 0.777. The lowest BCUT2D eigenvalue weighted by atomic mass is 10.0. The summed E-state index contributed by atoms with van der Waals surface area (Å²) in [6, 6.07) is 5.74. The molecule has 1 aliphatic heterocycles. The molecule has 0 bridgehead atoms. The Morgan fingerprint density at radius 3 is 2.73 bits per heavy atom.